The highest BCUT2D eigenvalue weighted by Gasteiger charge is 2.18. The normalized spacial score (nSPS) is 12.3. The maximum absolute atomic E-state index is 4.27. The van der Waals surface area contributed by atoms with E-state index in [1.54, 1.807) is 0 Å². The molecule has 0 unspecified atom stereocenters. The van der Waals surface area contributed by atoms with Crippen molar-refractivity contribution in [1.82, 2.24) is 14.6 Å². The molecule has 0 N–H and O–H groups in total. The van der Waals surface area contributed by atoms with Gasteiger partial charge in [-0.05, 0) is 24.0 Å². The SMILES string of the molecule is Cc1ncc2c(C(C)(C)C)ccnn12. The van der Waals surface area contributed by atoms with Gasteiger partial charge in [0, 0.05) is 6.20 Å². The Labute approximate surface area is 83.8 Å². The van der Waals surface area contributed by atoms with Crippen LogP contribution < -0.4 is 0 Å². The second-order valence-electron chi connectivity index (χ2n) is 4.60. The molecule has 0 aliphatic carbocycles. The van der Waals surface area contributed by atoms with Crippen LogP contribution in [0.2, 0.25) is 0 Å². The van der Waals surface area contributed by atoms with Gasteiger partial charge in [0.15, 0.2) is 0 Å². The fourth-order valence-corrected chi connectivity index (χ4v) is 1.66. The number of nitrogens with zero attached hydrogens (tertiary/aromatic N) is 3. The molecule has 0 aliphatic heterocycles. The van der Waals surface area contributed by atoms with E-state index < -0.39 is 0 Å². The van der Waals surface area contributed by atoms with E-state index in [-0.39, 0.29) is 5.41 Å². The van der Waals surface area contributed by atoms with Crippen LogP contribution in [-0.2, 0) is 5.41 Å². The molecular formula is C11H15N3. The third-order valence-corrected chi connectivity index (χ3v) is 2.42. The van der Waals surface area contributed by atoms with E-state index >= 15 is 0 Å². The maximum atomic E-state index is 4.27. The van der Waals surface area contributed by atoms with E-state index in [2.05, 4.69) is 36.9 Å². The number of aromatic nitrogens is 3. The molecule has 0 spiro atoms. The highest BCUT2D eigenvalue weighted by Crippen LogP contribution is 2.25. The summed E-state index contributed by atoms with van der Waals surface area (Å²) in [6.45, 7) is 8.56. The van der Waals surface area contributed by atoms with Crippen molar-refractivity contribution < 1.29 is 0 Å². The van der Waals surface area contributed by atoms with Crippen LogP contribution in [-0.4, -0.2) is 14.6 Å². The van der Waals surface area contributed by atoms with Gasteiger partial charge in [-0.3, -0.25) is 0 Å². The monoisotopic (exact) mass is 189 g/mol. The van der Waals surface area contributed by atoms with Gasteiger partial charge in [-0.2, -0.15) is 5.10 Å². The van der Waals surface area contributed by atoms with E-state index in [9.17, 15) is 0 Å². The Bertz CT molecular complexity index is 463. The van der Waals surface area contributed by atoms with Gasteiger partial charge in [0.05, 0.1) is 11.7 Å². The molecule has 74 valence electrons. The number of rotatable bonds is 0. The molecule has 3 heteroatoms. The maximum Gasteiger partial charge on any atom is 0.127 e. The molecule has 2 aromatic rings. The molecule has 0 radical (unpaired) electrons. The predicted molar refractivity (Wildman–Crippen MR) is 56.4 cm³/mol. The van der Waals surface area contributed by atoms with Crippen molar-refractivity contribution in [2.24, 2.45) is 0 Å². The first-order valence-electron chi connectivity index (χ1n) is 4.80. The Morgan fingerprint density at radius 3 is 2.64 bits per heavy atom. The highest BCUT2D eigenvalue weighted by molar-refractivity contribution is 5.55. The Hall–Kier alpha value is -1.38. The molecule has 0 aromatic carbocycles. The van der Waals surface area contributed by atoms with Crippen LogP contribution in [0.3, 0.4) is 0 Å². The molecule has 0 saturated carbocycles. The first-order valence-corrected chi connectivity index (χ1v) is 4.80. The fourth-order valence-electron chi connectivity index (χ4n) is 1.66. The van der Waals surface area contributed by atoms with E-state index in [1.807, 2.05) is 23.8 Å². The Morgan fingerprint density at radius 2 is 2.00 bits per heavy atom. The summed E-state index contributed by atoms with van der Waals surface area (Å²) in [5.41, 5.74) is 2.53. The molecule has 14 heavy (non-hydrogen) atoms. The van der Waals surface area contributed by atoms with Crippen LogP contribution in [0.25, 0.3) is 5.52 Å². The second kappa shape index (κ2) is 2.80. The van der Waals surface area contributed by atoms with Gasteiger partial charge < -0.3 is 0 Å². The van der Waals surface area contributed by atoms with E-state index in [0.29, 0.717) is 0 Å². The van der Waals surface area contributed by atoms with Crippen molar-refractivity contribution in [3.63, 3.8) is 0 Å². The van der Waals surface area contributed by atoms with E-state index in [0.717, 1.165) is 11.3 Å². The van der Waals surface area contributed by atoms with Gasteiger partial charge in [-0.25, -0.2) is 9.50 Å². The molecule has 2 rings (SSSR count). The zero-order valence-corrected chi connectivity index (χ0v) is 9.07. The molecule has 2 heterocycles. The topological polar surface area (TPSA) is 30.2 Å². The summed E-state index contributed by atoms with van der Waals surface area (Å²) in [5, 5.41) is 4.27. The molecule has 0 atom stereocenters. The number of imidazole rings is 1. The summed E-state index contributed by atoms with van der Waals surface area (Å²) in [6.07, 6.45) is 3.73. The molecule has 0 fully saturated rings. The van der Waals surface area contributed by atoms with Crippen molar-refractivity contribution >= 4 is 5.52 Å². The second-order valence-corrected chi connectivity index (χ2v) is 4.60. The Morgan fingerprint density at radius 1 is 1.29 bits per heavy atom. The van der Waals surface area contributed by atoms with Crippen LogP contribution in [0.1, 0.15) is 32.2 Å². The van der Waals surface area contributed by atoms with Crippen molar-refractivity contribution in [3.05, 3.63) is 29.8 Å². The van der Waals surface area contributed by atoms with Crippen molar-refractivity contribution in [3.8, 4) is 0 Å². The highest BCUT2D eigenvalue weighted by atomic mass is 15.2. The summed E-state index contributed by atoms with van der Waals surface area (Å²) in [5.74, 6) is 0.936. The summed E-state index contributed by atoms with van der Waals surface area (Å²) < 4.78 is 1.89. The van der Waals surface area contributed by atoms with Crippen LogP contribution in [0, 0.1) is 6.92 Å². The Kier molecular flexibility index (Phi) is 1.84. The van der Waals surface area contributed by atoms with Crippen LogP contribution in [0.4, 0.5) is 0 Å². The van der Waals surface area contributed by atoms with Gasteiger partial charge in [-0.15, -0.1) is 0 Å². The zero-order chi connectivity index (χ0) is 10.3. The van der Waals surface area contributed by atoms with Gasteiger partial charge in [0.1, 0.15) is 5.82 Å². The summed E-state index contributed by atoms with van der Waals surface area (Å²) >= 11 is 0. The number of fused-ring (bicyclic) bond motifs is 1. The summed E-state index contributed by atoms with van der Waals surface area (Å²) in [6, 6.07) is 2.07. The number of aryl methyl sites for hydroxylation is 1. The van der Waals surface area contributed by atoms with Crippen LogP contribution in [0.5, 0.6) is 0 Å². The zero-order valence-electron chi connectivity index (χ0n) is 9.07. The molecule has 0 saturated heterocycles. The lowest BCUT2D eigenvalue weighted by molar-refractivity contribution is 0.590. The number of hydrogen-bond acceptors (Lipinski definition) is 2. The van der Waals surface area contributed by atoms with Gasteiger partial charge >= 0.3 is 0 Å². The molecule has 3 nitrogen and oxygen atoms in total. The molecule has 2 aromatic heterocycles. The van der Waals surface area contributed by atoms with Crippen LogP contribution >= 0.6 is 0 Å². The average molecular weight is 189 g/mol. The summed E-state index contributed by atoms with van der Waals surface area (Å²) in [4.78, 5) is 4.27. The molecule has 0 bridgehead atoms. The lowest BCUT2D eigenvalue weighted by Gasteiger charge is -2.19. The molecular weight excluding hydrogens is 174 g/mol. The average Bonchev–Trinajstić information content (AvgIpc) is 2.46. The largest absolute Gasteiger partial charge is 0.239 e. The number of hydrogen-bond donors (Lipinski definition) is 0. The molecule has 0 aliphatic rings. The predicted octanol–water partition coefficient (Wildman–Crippen LogP) is 2.34. The quantitative estimate of drug-likeness (QED) is 0.636. The first kappa shape index (κ1) is 9.19. The van der Waals surface area contributed by atoms with Crippen molar-refractivity contribution in [2.75, 3.05) is 0 Å². The minimum atomic E-state index is 0.136. The lowest BCUT2D eigenvalue weighted by atomic mass is 9.87. The van der Waals surface area contributed by atoms with E-state index in [1.165, 1.54) is 5.56 Å². The molecule has 0 amide bonds. The van der Waals surface area contributed by atoms with E-state index in [4.69, 9.17) is 0 Å². The van der Waals surface area contributed by atoms with Crippen LogP contribution in [0.15, 0.2) is 18.5 Å². The fraction of sp³-hybridized carbons (Fsp3) is 0.455. The van der Waals surface area contributed by atoms with Crippen molar-refractivity contribution in [2.45, 2.75) is 33.1 Å². The van der Waals surface area contributed by atoms with Gasteiger partial charge in [0.25, 0.3) is 0 Å². The first-order chi connectivity index (χ1) is 6.50. The summed E-state index contributed by atoms with van der Waals surface area (Å²) in [7, 11) is 0. The Balaban J connectivity index is 2.79. The smallest absolute Gasteiger partial charge is 0.127 e. The third kappa shape index (κ3) is 1.29. The van der Waals surface area contributed by atoms with Crippen molar-refractivity contribution in [1.29, 1.82) is 0 Å². The standard InChI is InChI=1S/C11H15N3/c1-8-12-7-10-9(11(2,3)4)5-6-13-14(8)10/h5-7H,1-4H3. The lowest BCUT2D eigenvalue weighted by Crippen LogP contribution is -2.13. The third-order valence-electron chi connectivity index (χ3n) is 2.42. The van der Waals surface area contributed by atoms with Gasteiger partial charge in [0.2, 0.25) is 0 Å². The minimum absolute atomic E-state index is 0.136. The van der Waals surface area contributed by atoms with Gasteiger partial charge in [-0.1, -0.05) is 20.8 Å². The minimum Gasteiger partial charge on any atom is -0.239 e.